The van der Waals surface area contributed by atoms with Gasteiger partial charge in [0.2, 0.25) is 0 Å². The van der Waals surface area contributed by atoms with E-state index in [1.165, 1.54) is 0 Å². The summed E-state index contributed by atoms with van der Waals surface area (Å²) < 4.78 is 0. The number of allylic oxidation sites excluding steroid dienone is 2. The first-order chi connectivity index (χ1) is 8.24. The normalized spacial score (nSPS) is 15.2. The average molecular weight is 228 g/mol. The molecule has 0 bridgehead atoms. The summed E-state index contributed by atoms with van der Waals surface area (Å²) in [5.74, 6) is 0.633. The zero-order chi connectivity index (χ0) is 12.3. The molecule has 0 spiro atoms. The summed E-state index contributed by atoms with van der Waals surface area (Å²) in [4.78, 5) is 12.9. The number of aliphatic imine (C=N–C) groups is 2. The largest absolute Gasteiger partial charge is 0.387 e. The molecule has 88 valence electrons. The van der Waals surface area contributed by atoms with Gasteiger partial charge in [-0.15, -0.1) is 0 Å². The van der Waals surface area contributed by atoms with Gasteiger partial charge in [-0.2, -0.15) is 0 Å². The third kappa shape index (κ3) is 2.41. The average Bonchev–Trinajstić information content (AvgIpc) is 2.69. The molecule has 4 nitrogen and oxygen atoms in total. The van der Waals surface area contributed by atoms with Crippen molar-refractivity contribution in [2.45, 2.75) is 20.3 Å². The van der Waals surface area contributed by atoms with Crippen LogP contribution in [0.5, 0.6) is 0 Å². The smallest absolute Gasteiger partial charge is 0.106 e. The lowest BCUT2D eigenvalue weighted by molar-refractivity contribution is 1.14. The van der Waals surface area contributed by atoms with Crippen LogP contribution in [0.1, 0.15) is 25.1 Å². The number of amidine groups is 1. The minimum Gasteiger partial charge on any atom is -0.387 e. The standard InChI is InChI=1S/C13H16N4/c1-3-9(7-15-4-2)10-5-12-11(16-8-10)6-13(14)17-12/h3,5,7-8H,4,6H2,1-2H3,(H2,14,17)/b9-3+,15-7-. The Balaban J connectivity index is 2.34. The molecule has 1 aliphatic rings. The summed E-state index contributed by atoms with van der Waals surface area (Å²) in [6, 6.07) is 2.01. The quantitative estimate of drug-likeness (QED) is 0.805. The highest BCUT2D eigenvalue weighted by molar-refractivity contribution is 6.10. The fraction of sp³-hybridized carbons (Fsp3) is 0.308. The Labute approximate surface area is 101 Å². The number of nitrogens with zero attached hydrogens (tertiary/aromatic N) is 3. The molecular weight excluding hydrogens is 212 g/mol. The highest BCUT2D eigenvalue weighted by Gasteiger charge is 2.14. The molecule has 0 radical (unpaired) electrons. The van der Waals surface area contributed by atoms with Crippen molar-refractivity contribution in [1.82, 2.24) is 4.98 Å². The number of aromatic nitrogens is 1. The molecule has 2 N–H and O–H groups in total. The van der Waals surface area contributed by atoms with E-state index in [1.807, 2.05) is 38.4 Å². The molecule has 0 fully saturated rings. The summed E-state index contributed by atoms with van der Waals surface area (Å²) in [5, 5.41) is 0. The van der Waals surface area contributed by atoms with E-state index in [0.717, 1.165) is 29.1 Å². The van der Waals surface area contributed by atoms with Gasteiger partial charge in [0, 0.05) is 30.9 Å². The lowest BCUT2D eigenvalue weighted by atomic mass is 10.1. The van der Waals surface area contributed by atoms with Gasteiger partial charge in [0.05, 0.1) is 11.4 Å². The molecule has 0 saturated heterocycles. The first-order valence-electron chi connectivity index (χ1n) is 5.73. The van der Waals surface area contributed by atoms with Crippen molar-refractivity contribution < 1.29 is 0 Å². The van der Waals surface area contributed by atoms with Gasteiger partial charge in [0.25, 0.3) is 0 Å². The lowest BCUT2D eigenvalue weighted by Crippen LogP contribution is -2.10. The second kappa shape index (κ2) is 4.91. The fourth-order valence-electron chi connectivity index (χ4n) is 1.74. The highest BCUT2D eigenvalue weighted by atomic mass is 14.9. The number of fused-ring (bicyclic) bond motifs is 1. The summed E-state index contributed by atoms with van der Waals surface area (Å²) >= 11 is 0. The Morgan fingerprint density at radius 3 is 3.12 bits per heavy atom. The molecule has 1 aromatic heterocycles. The number of hydrogen-bond donors (Lipinski definition) is 1. The van der Waals surface area contributed by atoms with E-state index in [4.69, 9.17) is 5.73 Å². The van der Waals surface area contributed by atoms with E-state index < -0.39 is 0 Å². The topological polar surface area (TPSA) is 63.6 Å². The maximum absolute atomic E-state index is 5.69. The van der Waals surface area contributed by atoms with Crippen LogP contribution >= 0.6 is 0 Å². The summed E-state index contributed by atoms with van der Waals surface area (Å²) in [7, 11) is 0. The lowest BCUT2D eigenvalue weighted by Gasteiger charge is -2.03. The number of pyridine rings is 1. The van der Waals surface area contributed by atoms with Crippen molar-refractivity contribution in [1.29, 1.82) is 0 Å². The number of nitrogens with two attached hydrogens (primary N) is 1. The molecule has 17 heavy (non-hydrogen) atoms. The predicted molar refractivity (Wildman–Crippen MR) is 71.9 cm³/mol. The van der Waals surface area contributed by atoms with E-state index in [9.17, 15) is 0 Å². The van der Waals surface area contributed by atoms with Crippen molar-refractivity contribution in [3.63, 3.8) is 0 Å². The maximum Gasteiger partial charge on any atom is 0.106 e. The molecular formula is C13H16N4. The first kappa shape index (κ1) is 11.5. The van der Waals surface area contributed by atoms with Gasteiger partial charge in [-0.1, -0.05) is 6.08 Å². The van der Waals surface area contributed by atoms with Crippen LogP contribution in [-0.2, 0) is 6.42 Å². The minimum atomic E-state index is 0.633. The fourth-order valence-corrected chi connectivity index (χ4v) is 1.74. The molecule has 0 aromatic carbocycles. The van der Waals surface area contributed by atoms with Crippen LogP contribution in [0.3, 0.4) is 0 Å². The van der Waals surface area contributed by atoms with Crippen LogP contribution in [0, 0.1) is 0 Å². The maximum atomic E-state index is 5.69. The van der Waals surface area contributed by atoms with E-state index in [1.54, 1.807) is 0 Å². The molecule has 4 heteroatoms. The van der Waals surface area contributed by atoms with E-state index in [0.29, 0.717) is 12.3 Å². The molecule has 0 atom stereocenters. The Hall–Kier alpha value is -1.97. The molecule has 0 aliphatic carbocycles. The van der Waals surface area contributed by atoms with Gasteiger partial charge in [0.1, 0.15) is 5.84 Å². The summed E-state index contributed by atoms with van der Waals surface area (Å²) in [6.07, 6.45) is 6.39. The summed E-state index contributed by atoms with van der Waals surface area (Å²) in [5.41, 5.74) is 9.61. The van der Waals surface area contributed by atoms with Crippen LogP contribution in [0.2, 0.25) is 0 Å². The monoisotopic (exact) mass is 228 g/mol. The van der Waals surface area contributed by atoms with Gasteiger partial charge in [-0.25, -0.2) is 4.99 Å². The molecule has 0 amide bonds. The molecule has 1 aliphatic heterocycles. The van der Waals surface area contributed by atoms with Gasteiger partial charge >= 0.3 is 0 Å². The van der Waals surface area contributed by atoms with Crippen molar-refractivity contribution in [3.8, 4) is 0 Å². The van der Waals surface area contributed by atoms with Gasteiger partial charge < -0.3 is 5.73 Å². The van der Waals surface area contributed by atoms with Gasteiger partial charge in [-0.05, 0) is 25.5 Å². The minimum absolute atomic E-state index is 0.633. The zero-order valence-corrected chi connectivity index (χ0v) is 10.1. The van der Waals surface area contributed by atoms with Gasteiger partial charge in [0.15, 0.2) is 0 Å². The highest BCUT2D eigenvalue weighted by Crippen LogP contribution is 2.26. The molecule has 0 unspecified atom stereocenters. The van der Waals surface area contributed by atoms with E-state index >= 15 is 0 Å². The SMILES string of the molecule is C/C=C(\C=N/CC)c1cnc2c(c1)N=C(N)C2. The first-order valence-corrected chi connectivity index (χ1v) is 5.73. The predicted octanol–water partition coefficient (Wildman–Crippen LogP) is 2.12. The Bertz CT molecular complexity index is 512. The Morgan fingerprint density at radius 1 is 1.59 bits per heavy atom. The van der Waals surface area contributed by atoms with Crippen molar-refractivity contribution in [2.24, 2.45) is 15.7 Å². The van der Waals surface area contributed by atoms with Crippen LogP contribution in [0.25, 0.3) is 5.57 Å². The third-order valence-corrected chi connectivity index (χ3v) is 2.62. The molecule has 2 heterocycles. The summed E-state index contributed by atoms with van der Waals surface area (Å²) in [6.45, 7) is 4.78. The molecule has 1 aromatic rings. The number of hydrogen-bond acceptors (Lipinski definition) is 4. The van der Waals surface area contributed by atoms with Gasteiger partial charge in [-0.3, -0.25) is 9.98 Å². The van der Waals surface area contributed by atoms with Crippen molar-refractivity contribution in [3.05, 3.63) is 29.6 Å². The van der Waals surface area contributed by atoms with E-state index in [2.05, 4.69) is 15.0 Å². The zero-order valence-electron chi connectivity index (χ0n) is 10.1. The molecule has 0 saturated carbocycles. The Kier molecular flexibility index (Phi) is 3.32. The van der Waals surface area contributed by atoms with Crippen LogP contribution < -0.4 is 5.73 Å². The third-order valence-electron chi connectivity index (χ3n) is 2.62. The molecule has 2 rings (SSSR count). The van der Waals surface area contributed by atoms with E-state index in [-0.39, 0.29) is 0 Å². The Morgan fingerprint density at radius 2 is 2.41 bits per heavy atom. The van der Waals surface area contributed by atoms with Crippen LogP contribution in [0.4, 0.5) is 5.69 Å². The van der Waals surface area contributed by atoms with Crippen LogP contribution in [0.15, 0.2) is 28.3 Å². The van der Waals surface area contributed by atoms with Crippen molar-refractivity contribution in [2.75, 3.05) is 6.54 Å². The second-order valence-electron chi connectivity index (χ2n) is 3.84. The number of rotatable bonds is 3. The van der Waals surface area contributed by atoms with Crippen LogP contribution in [-0.4, -0.2) is 23.6 Å². The second-order valence-corrected chi connectivity index (χ2v) is 3.84. The van der Waals surface area contributed by atoms with Crippen molar-refractivity contribution >= 4 is 23.3 Å².